The van der Waals surface area contributed by atoms with Gasteiger partial charge in [-0.2, -0.15) is 0 Å². The van der Waals surface area contributed by atoms with Crippen LogP contribution in [0.2, 0.25) is 5.02 Å². The lowest BCUT2D eigenvalue weighted by Gasteiger charge is -2.12. The summed E-state index contributed by atoms with van der Waals surface area (Å²) in [5.41, 5.74) is 1.77. The number of halogens is 1. The maximum absolute atomic E-state index is 11.9. The molecule has 1 aromatic carbocycles. The summed E-state index contributed by atoms with van der Waals surface area (Å²) in [7, 11) is 1.44. The van der Waals surface area contributed by atoms with Crippen molar-refractivity contribution >= 4 is 35.3 Å². The van der Waals surface area contributed by atoms with Crippen molar-refractivity contribution in [2.24, 2.45) is 0 Å². The molecular weight excluding hydrogens is 338 g/mol. The highest BCUT2D eigenvalue weighted by atomic mass is 35.5. The van der Waals surface area contributed by atoms with Crippen molar-refractivity contribution in [3.8, 4) is 5.69 Å². The number of benzene rings is 1. The molecule has 23 heavy (non-hydrogen) atoms. The first-order valence-corrected chi connectivity index (χ1v) is 8.04. The van der Waals surface area contributed by atoms with Crippen molar-refractivity contribution in [1.82, 2.24) is 25.4 Å². The van der Waals surface area contributed by atoms with Gasteiger partial charge in [0.25, 0.3) is 0 Å². The van der Waals surface area contributed by atoms with Crippen LogP contribution in [-0.4, -0.2) is 39.0 Å². The van der Waals surface area contributed by atoms with E-state index in [9.17, 15) is 9.59 Å². The lowest BCUT2D eigenvalue weighted by Crippen LogP contribution is -2.41. The van der Waals surface area contributed by atoms with Gasteiger partial charge in [0.2, 0.25) is 5.91 Å². The third-order valence-electron chi connectivity index (χ3n) is 3.07. The van der Waals surface area contributed by atoms with Crippen LogP contribution in [0.3, 0.4) is 0 Å². The summed E-state index contributed by atoms with van der Waals surface area (Å²) >= 11 is 7.34. The van der Waals surface area contributed by atoms with Gasteiger partial charge in [-0.1, -0.05) is 29.4 Å². The monoisotopic (exact) mass is 353 g/mol. The Hall–Kier alpha value is -2.06. The van der Waals surface area contributed by atoms with Crippen LogP contribution in [0.5, 0.6) is 0 Å². The van der Waals surface area contributed by atoms with Crippen LogP contribution in [0.15, 0.2) is 29.7 Å². The maximum Gasteiger partial charge on any atom is 0.321 e. The van der Waals surface area contributed by atoms with Gasteiger partial charge in [-0.15, -0.1) is 10.2 Å². The van der Waals surface area contributed by atoms with E-state index < -0.39 is 17.2 Å². The third-order valence-corrected chi connectivity index (χ3v) is 4.53. The number of hydrogen-bond acceptors (Lipinski definition) is 5. The Morgan fingerprint density at radius 1 is 1.39 bits per heavy atom. The third kappa shape index (κ3) is 4.23. The number of hydrogen-bond donors (Lipinski definition) is 2. The summed E-state index contributed by atoms with van der Waals surface area (Å²) in [6.07, 6.45) is 1.55. The first-order valence-electron chi connectivity index (χ1n) is 6.78. The molecule has 0 spiro atoms. The molecule has 2 aromatic rings. The molecule has 7 nitrogen and oxygen atoms in total. The Morgan fingerprint density at radius 2 is 2.13 bits per heavy atom. The van der Waals surface area contributed by atoms with Crippen molar-refractivity contribution in [1.29, 1.82) is 0 Å². The molecule has 0 radical (unpaired) electrons. The van der Waals surface area contributed by atoms with Crippen molar-refractivity contribution in [3.05, 3.63) is 35.1 Å². The first-order chi connectivity index (χ1) is 10.9. The lowest BCUT2D eigenvalue weighted by atomic mass is 10.2. The molecule has 0 fully saturated rings. The SMILES string of the molecule is CNC(=O)NC(=O)C(C)Sc1nncn1-c1ccc(C)c(Cl)c1. The molecule has 1 unspecified atom stereocenters. The number of urea groups is 1. The summed E-state index contributed by atoms with van der Waals surface area (Å²) in [4.78, 5) is 23.1. The molecule has 1 heterocycles. The summed E-state index contributed by atoms with van der Waals surface area (Å²) in [6, 6.07) is 5.05. The number of imide groups is 1. The summed E-state index contributed by atoms with van der Waals surface area (Å²) in [6.45, 7) is 3.60. The fourth-order valence-electron chi connectivity index (χ4n) is 1.70. The second-order valence-corrected chi connectivity index (χ2v) is 6.46. The molecule has 2 N–H and O–H groups in total. The standard InChI is InChI=1S/C14H16ClN5O2S/c1-8-4-5-10(6-11(8)15)20-7-17-19-14(20)23-9(2)12(21)18-13(22)16-3/h4-7,9H,1-3H3,(H2,16,18,21,22). The first kappa shape index (κ1) is 17.3. The van der Waals surface area contributed by atoms with Crippen molar-refractivity contribution in [3.63, 3.8) is 0 Å². The lowest BCUT2D eigenvalue weighted by molar-refractivity contribution is -0.119. The number of carbonyl (C=O) groups excluding carboxylic acids is 2. The second-order valence-electron chi connectivity index (χ2n) is 4.75. The number of amides is 3. The van der Waals surface area contributed by atoms with Crippen LogP contribution < -0.4 is 10.6 Å². The van der Waals surface area contributed by atoms with E-state index in [1.54, 1.807) is 23.9 Å². The Kier molecular flexibility index (Phi) is 5.62. The number of aryl methyl sites for hydroxylation is 1. The summed E-state index contributed by atoms with van der Waals surface area (Å²) < 4.78 is 1.74. The molecule has 1 atom stereocenters. The van der Waals surface area contributed by atoms with Gasteiger partial charge < -0.3 is 5.32 Å². The van der Waals surface area contributed by atoms with E-state index in [1.165, 1.54) is 18.8 Å². The van der Waals surface area contributed by atoms with Crippen molar-refractivity contribution < 1.29 is 9.59 Å². The molecule has 9 heteroatoms. The van der Waals surface area contributed by atoms with Crippen LogP contribution in [-0.2, 0) is 4.79 Å². The van der Waals surface area contributed by atoms with Gasteiger partial charge in [0.05, 0.1) is 10.9 Å². The van der Waals surface area contributed by atoms with Crippen molar-refractivity contribution in [2.75, 3.05) is 7.05 Å². The zero-order valence-electron chi connectivity index (χ0n) is 12.8. The molecule has 0 bridgehead atoms. The maximum atomic E-state index is 11.9. The number of thioether (sulfide) groups is 1. The predicted molar refractivity (Wildman–Crippen MR) is 89.0 cm³/mol. The van der Waals surface area contributed by atoms with Gasteiger partial charge in [0.1, 0.15) is 6.33 Å². The minimum atomic E-state index is -0.547. The molecule has 0 saturated heterocycles. The number of rotatable bonds is 4. The highest BCUT2D eigenvalue weighted by Crippen LogP contribution is 2.26. The highest BCUT2D eigenvalue weighted by molar-refractivity contribution is 8.00. The van der Waals surface area contributed by atoms with E-state index in [4.69, 9.17) is 11.6 Å². The van der Waals surface area contributed by atoms with Gasteiger partial charge in [0.15, 0.2) is 5.16 Å². The topological polar surface area (TPSA) is 88.9 Å². The van der Waals surface area contributed by atoms with Crippen molar-refractivity contribution in [2.45, 2.75) is 24.3 Å². The minimum absolute atomic E-state index is 0.411. The van der Waals surface area contributed by atoms with Gasteiger partial charge >= 0.3 is 6.03 Å². The Morgan fingerprint density at radius 3 is 2.78 bits per heavy atom. The Bertz CT molecular complexity index is 734. The van der Waals surface area contributed by atoms with Gasteiger partial charge in [-0.3, -0.25) is 14.7 Å². The quantitative estimate of drug-likeness (QED) is 0.822. The summed E-state index contributed by atoms with van der Waals surface area (Å²) in [5.74, 6) is -0.411. The van der Waals surface area contributed by atoms with E-state index in [0.29, 0.717) is 10.2 Å². The molecule has 1 aromatic heterocycles. The molecule has 0 aliphatic heterocycles. The smallest absolute Gasteiger partial charge is 0.321 e. The van der Waals surface area contributed by atoms with Crippen LogP contribution >= 0.6 is 23.4 Å². The molecule has 3 amide bonds. The Balaban J connectivity index is 2.16. The highest BCUT2D eigenvalue weighted by Gasteiger charge is 2.20. The number of carbonyl (C=O) groups is 2. The molecule has 122 valence electrons. The normalized spacial score (nSPS) is 11.8. The van der Waals surface area contributed by atoms with E-state index in [0.717, 1.165) is 11.3 Å². The fraction of sp³-hybridized carbons (Fsp3) is 0.286. The van der Waals surface area contributed by atoms with Gasteiger partial charge in [0, 0.05) is 12.1 Å². The van der Waals surface area contributed by atoms with Crippen LogP contribution in [0.4, 0.5) is 4.79 Å². The molecular formula is C14H16ClN5O2S. The van der Waals surface area contributed by atoms with E-state index in [2.05, 4.69) is 20.8 Å². The number of nitrogens with zero attached hydrogens (tertiary/aromatic N) is 3. The molecule has 0 aliphatic carbocycles. The molecule has 0 saturated carbocycles. The predicted octanol–water partition coefficient (Wildman–Crippen LogP) is 2.17. The van der Waals surface area contributed by atoms with E-state index in [1.807, 2.05) is 19.1 Å². The number of aromatic nitrogens is 3. The van der Waals surface area contributed by atoms with Gasteiger partial charge in [-0.05, 0) is 31.5 Å². The fourth-order valence-corrected chi connectivity index (χ4v) is 2.72. The minimum Gasteiger partial charge on any atom is -0.341 e. The number of nitrogens with one attached hydrogen (secondary N) is 2. The summed E-state index contributed by atoms with van der Waals surface area (Å²) in [5, 5.41) is 13.1. The zero-order valence-corrected chi connectivity index (χ0v) is 14.4. The average Bonchev–Trinajstić information content (AvgIpc) is 2.97. The van der Waals surface area contributed by atoms with E-state index in [-0.39, 0.29) is 0 Å². The average molecular weight is 354 g/mol. The van der Waals surface area contributed by atoms with Crippen LogP contribution in [0.25, 0.3) is 5.69 Å². The second kappa shape index (κ2) is 7.47. The van der Waals surface area contributed by atoms with Crippen LogP contribution in [0, 0.1) is 6.92 Å². The van der Waals surface area contributed by atoms with E-state index >= 15 is 0 Å². The Labute approximate surface area is 142 Å². The zero-order chi connectivity index (χ0) is 17.0. The van der Waals surface area contributed by atoms with Gasteiger partial charge in [-0.25, -0.2) is 4.79 Å². The molecule has 0 aliphatic rings. The largest absolute Gasteiger partial charge is 0.341 e. The van der Waals surface area contributed by atoms with Crippen LogP contribution in [0.1, 0.15) is 12.5 Å². The molecule has 2 rings (SSSR count).